The molecular weight excluding hydrogens is 308 g/mol. The van der Waals surface area contributed by atoms with E-state index in [1.54, 1.807) is 11.6 Å². The van der Waals surface area contributed by atoms with E-state index in [-0.39, 0.29) is 17.3 Å². The fourth-order valence-electron chi connectivity index (χ4n) is 2.00. The van der Waals surface area contributed by atoms with Gasteiger partial charge in [-0.25, -0.2) is 4.68 Å². The summed E-state index contributed by atoms with van der Waals surface area (Å²) in [5.74, 6) is -0.352. The number of rotatable bonds is 3. The largest absolute Gasteiger partial charge is 0.294 e. The smallest absolute Gasteiger partial charge is 0.180 e. The zero-order valence-electron chi connectivity index (χ0n) is 10.9. The number of hydrogen-bond donors (Lipinski definition) is 0. The molecule has 0 fully saturated rings. The van der Waals surface area contributed by atoms with Crippen LogP contribution in [-0.2, 0) is 0 Å². The van der Waals surface area contributed by atoms with E-state index >= 15 is 0 Å². The lowest BCUT2D eigenvalue weighted by molar-refractivity contribution is 0.0978. The van der Waals surface area contributed by atoms with E-state index in [2.05, 4.69) is 21.0 Å². The van der Waals surface area contributed by atoms with Crippen LogP contribution in [0.15, 0.2) is 28.7 Å². The molecule has 0 aliphatic rings. The highest BCUT2D eigenvalue weighted by molar-refractivity contribution is 9.10. The van der Waals surface area contributed by atoms with Gasteiger partial charge in [-0.15, -0.1) is 0 Å². The van der Waals surface area contributed by atoms with Gasteiger partial charge < -0.3 is 0 Å². The molecule has 0 saturated carbocycles. The molecule has 1 aromatic heterocycles. The lowest BCUT2D eigenvalue weighted by Gasteiger charge is -2.04. The van der Waals surface area contributed by atoms with Crippen molar-refractivity contribution >= 4 is 27.5 Å². The maximum atomic E-state index is 11.7. The Kier molecular flexibility index (Phi) is 3.66. The Balaban J connectivity index is 2.65. The molecule has 0 N–H and O–H groups in total. The average Bonchev–Trinajstić information content (AvgIpc) is 2.68. The highest BCUT2D eigenvalue weighted by Crippen LogP contribution is 2.21. The van der Waals surface area contributed by atoms with Gasteiger partial charge in [-0.3, -0.25) is 9.59 Å². The maximum absolute atomic E-state index is 11.7. The normalized spacial score (nSPS) is 10.5. The minimum Gasteiger partial charge on any atom is -0.294 e. The number of hydrogen-bond acceptors (Lipinski definition) is 3. The summed E-state index contributed by atoms with van der Waals surface area (Å²) in [4.78, 5) is 23.3. The Morgan fingerprint density at radius 3 is 2.11 bits per heavy atom. The lowest BCUT2D eigenvalue weighted by atomic mass is 10.1. The topological polar surface area (TPSA) is 52.0 Å². The third kappa shape index (κ3) is 2.51. The van der Waals surface area contributed by atoms with Gasteiger partial charge in [0.05, 0.1) is 16.9 Å². The fraction of sp³-hybridized carbons (Fsp3) is 0.214. The SMILES string of the molecule is CC(=O)c1nn(-c2ccc(Br)cc2)c(C)c1C(C)=O. The summed E-state index contributed by atoms with van der Waals surface area (Å²) >= 11 is 3.36. The first-order valence-corrected chi connectivity index (χ1v) is 6.58. The summed E-state index contributed by atoms with van der Waals surface area (Å²) in [5.41, 5.74) is 2.12. The molecule has 0 aliphatic carbocycles. The molecule has 4 nitrogen and oxygen atoms in total. The quantitative estimate of drug-likeness (QED) is 0.815. The summed E-state index contributed by atoms with van der Waals surface area (Å²) in [6.07, 6.45) is 0. The van der Waals surface area contributed by atoms with Crippen LogP contribution >= 0.6 is 15.9 Å². The highest BCUT2D eigenvalue weighted by Gasteiger charge is 2.21. The van der Waals surface area contributed by atoms with Gasteiger partial charge in [0.1, 0.15) is 5.69 Å². The molecule has 19 heavy (non-hydrogen) atoms. The molecule has 0 bridgehead atoms. The Morgan fingerprint density at radius 2 is 1.68 bits per heavy atom. The van der Waals surface area contributed by atoms with E-state index in [0.717, 1.165) is 10.2 Å². The predicted octanol–water partition coefficient (Wildman–Crippen LogP) is 3.35. The number of carbonyl (C=O) groups is 2. The standard InChI is InChI=1S/C14H13BrN2O2/c1-8-13(9(2)18)14(10(3)19)16-17(8)12-6-4-11(15)5-7-12/h4-7H,1-3H3. The minimum atomic E-state index is -0.204. The van der Waals surface area contributed by atoms with Crippen LogP contribution in [0.3, 0.4) is 0 Å². The van der Waals surface area contributed by atoms with Crippen molar-refractivity contribution in [3.05, 3.63) is 45.7 Å². The first kappa shape index (κ1) is 13.7. The second kappa shape index (κ2) is 5.09. The van der Waals surface area contributed by atoms with Crippen molar-refractivity contribution < 1.29 is 9.59 Å². The van der Waals surface area contributed by atoms with Crippen LogP contribution in [0.4, 0.5) is 0 Å². The monoisotopic (exact) mass is 320 g/mol. The molecule has 0 saturated heterocycles. The molecule has 5 heteroatoms. The molecule has 0 unspecified atom stereocenters. The number of nitrogens with zero attached hydrogens (tertiary/aromatic N) is 2. The van der Waals surface area contributed by atoms with Crippen molar-refractivity contribution in [1.29, 1.82) is 0 Å². The zero-order chi connectivity index (χ0) is 14.2. The van der Waals surface area contributed by atoms with E-state index in [9.17, 15) is 9.59 Å². The molecule has 0 amide bonds. The van der Waals surface area contributed by atoms with Crippen LogP contribution < -0.4 is 0 Å². The zero-order valence-corrected chi connectivity index (χ0v) is 12.5. The van der Waals surface area contributed by atoms with Gasteiger partial charge in [-0.1, -0.05) is 15.9 Å². The molecular formula is C14H13BrN2O2. The molecule has 0 aliphatic heterocycles. The van der Waals surface area contributed by atoms with Crippen molar-refractivity contribution in [3.63, 3.8) is 0 Å². The molecule has 0 spiro atoms. The van der Waals surface area contributed by atoms with Gasteiger partial charge >= 0.3 is 0 Å². The first-order chi connectivity index (χ1) is 8.91. The number of aromatic nitrogens is 2. The van der Waals surface area contributed by atoms with Crippen LogP contribution in [0, 0.1) is 6.92 Å². The highest BCUT2D eigenvalue weighted by atomic mass is 79.9. The number of ketones is 2. The molecule has 2 aromatic rings. The summed E-state index contributed by atoms with van der Waals surface area (Å²) < 4.78 is 2.58. The van der Waals surface area contributed by atoms with Gasteiger partial charge in [0.15, 0.2) is 11.6 Å². The van der Waals surface area contributed by atoms with E-state index < -0.39 is 0 Å². The van der Waals surface area contributed by atoms with Gasteiger partial charge in [-0.2, -0.15) is 5.10 Å². The summed E-state index contributed by atoms with van der Waals surface area (Å²) in [5, 5.41) is 4.26. The van der Waals surface area contributed by atoms with Crippen molar-refractivity contribution in [3.8, 4) is 5.69 Å². The maximum Gasteiger partial charge on any atom is 0.180 e. The third-order valence-electron chi connectivity index (χ3n) is 2.87. The van der Waals surface area contributed by atoms with Gasteiger partial charge in [-0.05, 0) is 38.1 Å². The molecule has 0 radical (unpaired) electrons. The van der Waals surface area contributed by atoms with Gasteiger partial charge in [0, 0.05) is 11.4 Å². The fourth-order valence-corrected chi connectivity index (χ4v) is 2.27. The van der Waals surface area contributed by atoms with Crippen LogP contribution in [0.1, 0.15) is 40.4 Å². The predicted molar refractivity (Wildman–Crippen MR) is 76.0 cm³/mol. The van der Waals surface area contributed by atoms with E-state index in [0.29, 0.717) is 11.3 Å². The van der Waals surface area contributed by atoms with E-state index in [1.807, 2.05) is 24.3 Å². The van der Waals surface area contributed by atoms with Crippen molar-refractivity contribution in [2.45, 2.75) is 20.8 Å². The van der Waals surface area contributed by atoms with E-state index in [1.165, 1.54) is 13.8 Å². The molecule has 98 valence electrons. The molecule has 2 rings (SSSR count). The minimum absolute atomic E-state index is 0.147. The Hall–Kier alpha value is -1.75. The van der Waals surface area contributed by atoms with Crippen LogP contribution in [0.5, 0.6) is 0 Å². The van der Waals surface area contributed by atoms with Gasteiger partial charge in [0.25, 0.3) is 0 Å². The molecule has 1 aromatic carbocycles. The van der Waals surface area contributed by atoms with Crippen molar-refractivity contribution in [2.75, 3.05) is 0 Å². The average molecular weight is 321 g/mol. The molecule has 0 atom stereocenters. The number of carbonyl (C=O) groups excluding carboxylic acids is 2. The van der Waals surface area contributed by atoms with Crippen LogP contribution in [0.2, 0.25) is 0 Å². The molecule has 1 heterocycles. The third-order valence-corrected chi connectivity index (χ3v) is 3.40. The van der Waals surface area contributed by atoms with Gasteiger partial charge in [0.2, 0.25) is 0 Å². The number of halogens is 1. The summed E-state index contributed by atoms with van der Waals surface area (Å²) in [7, 11) is 0. The second-order valence-corrected chi connectivity index (χ2v) is 5.23. The second-order valence-electron chi connectivity index (χ2n) is 4.31. The Labute approximate surface area is 119 Å². The summed E-state index contributed by atoms with van der Waals surface area (Å²) in [6, 6.07) is 7.52. The summed E-state index contributed by atoms with van der Waals surface area (Å²) in [6.45, 7) is 4.65. The Bertz CT molecular complexity index is 657. The van der Waals surface area contributed by atoms with Crippen LogP contribution in [0.25, 0.3) is 5.69 Å². The number of Topliss-reactive ketones (excluding diaryl/α,β-unsaturated/α-hetero) is 2. The van der Waals surface area contributed by atoms with Crippen molar-refractivity contribution in [1.82, 2.24) is 9.78 Å². The lowest BCUT2D eigenvalue weighted by Crippen LogP contribution is -2.02. The van der Waals surface area contributed by atoms with E-state index in [4.69, 9.17) is 0 Å². The van der Waals surface area contributed by atoms with Crippen molar-refractivity contribution in [2.24, 2.45) is 0 Å². The number of benzene rings is 1. The van der Waals surface area contributed by atoms with Crippen LogP contribution in [-0.4, -0.2) is 21.3 Å². The first-order valence-electron chi connectivity index (χ1n) is 5.79. The Morgan fingerprint density at radius 1 is 1.11 bits per heavy atom.